The second-order valence-electron chi connectivity index (χ2n) is 5.77. The third kappa shape index (κ3) is 4.30. The summed E-state index contributed by atoms with van der Waals surface area (Å²) in [5.74, 6) is 1.05. The van der Waals surface area contributed by atoms with Crippen molar-refractivity contribution < 1.29 is 9.53 Å². The Balaban J connectivity index is 1.60. The highest BCUT2D eigenvalue weighted by Gasteiger charge is 2.21. The van der Waals surface area contributed by atoms with E-state index < -0.39 is 0 Å². The van der Waals surface area contributed by atoms with Crippen LogP contribution < -0.4 is 10.6 Å². The number of aromatic nitrogens is 2. The minimum Gasteiger partial charge on any atom is -0.381 e. The van der Waals surface area contributed by atoms with Crippen molar-refractivity contribution in [1.29, 1.82) is 0 Å². The van der Waals surface area contributed by atoms with Crippen LogP contribution in [0.5, 0.6) is 0 Å². The smallest absolute Gasteiger partial charge is 0.228 e. The fourth-order valence-corrected chi connectivity index (χ4v) is 2.85. The molecule has 7 heteroatoms. The van der Waals surface area contributed by atoms with Crippen LogP contribution in [0, 0.1) is 12.8 Å². The fraction of sp³-hybridized carbons (Fsp3) is 0.353. The first kappa shape index (κ1) is 16.9. The number of rotatable bonds is 4. The van der Waals surface area contributed by atoms with Gasteiger partial charge in [-0.2, -0.15) is 0 Å². The minimum atomic E-state index is -0.0178. The number of carbonyl (C=O) groups excluding carboxylic acids is 1. The molecular weight excluding hydrogens is 372 g/mol. The van der Waals surface area contributed by atoms with Crippen LogP contribution in [0.15, 0.2) is 34.8 Å². The van der Waals surface area contributed by atoms with Gasteiger partial charge in [0.15, 0.2) is 11.6 Å². The molecule has 2 N–H and O–H groups in total. The number of hydrogen-bond acceptors (Lipinski definition) is 5. The first-order chi connectivity index (χ1) is 11.6. The number of anilines is 3. The maximum atomic E-state index is 12.2. The molecule has 1 aliphatic heterocycles. The summed E-state index contributed by atoms with van der Waals surface area (Å²) in [6.45, 7) is 3.31. The monoisotopic (exact) mass is 390 g/mol. The van der Waals surface area contributed by atoms with Gasteiger partial charge in [0.1, 0.15) is 0 Å². The molecule has 0 radical (unpaired) electrons. The molecule has 0 atom stereocenters. The lowest BCUT2D eigenvalue weighted by Crippen LogP contribution is -2.28. The molecule has 1 fully saturated rings. The molecular formula is C17H19BrN4O2. The van der Waals surface area contributed by atoms with Crippen LogP contribution in [-0.2, 0) is 9.53 Å². The van der Waals surface area contributed by atoms with Crippen molar-refractivity contribution in [2.75, 3.05) is 23.8 Å². The summed E-state index contributed by atoms with van der Waals surface area (Å²) in [6, 6.07) is 9.51. The van der Waals surface area contributed by atoms with Crippen molar-refractivity contribution >= 4 is 39.2 Å². The lowest BCUT2D eigenvalue weighted by Gasteiger charge is -2.20. The van der Waals surface area contributed by atoms with Crippen LogP contribution in [-0.4, -0.2) is 29.3 Å². The summed E-state index contributed by atoms with van der Waals surface area (Å²) in [5.41, 5.74) is 2.08. The van der Waals surface area contributed by atoms with E-state index in [1.165, 1.54) is 0 Å². The first-order valence-electron chi connectivity index (χ1n) is 7.87. The molecule has 0 spiro atoms. The van der Waals surface area contributed by atoms with Gasteiger partial charge >= 0.3 is 0 Å². The van der Waals surface area contributed by atoms with Crippen molar-refractivity contribution in [3.05, 3.63) is 40.4 Å². The number of nitrogens with one attached hydrogen (secondary N) is 2. The predicted octanol–water partition coefficient (Wildman–Crippen LogP) is 3.66. The highest BCUT2D eigenvalue weighted by atomic mass is 79.9. The van der Waals surface area contributed by atoms with Gasteiger partial charge in [-0.15, -0.1) is 10.2 Å². The molecule has 0 aliphatic carbocycles. The molecule has 0 bridgehead atoms. The number of hydrogen-bond donors (Lipinski definition) is 2. The number of benzene rings is 1. The summed E-state index contributed by atoms with van der Waals surface area (Å²) in [4.78, 5) is 12.2. The Labute approximate surface area is 149 Å². The van der Waals surface area contributed by atoms with Crippen LogP contribution in [0.2, 0.25) is 0 Å². The third-order valence-corrected chi connectivity index (χ3v) is 4.81. The molecule has 2 aromatic rings. The van der Waals surface area contributed by atoms with Crippen LogP contribution in [0.4, 0.5) is 17.3 Å². The van der Waals surface area contributed by atoms with Crippen LogP contribution in [0.3, 0.4) is 0 Å². The molecule has 1 saturated heterocycles. The molecule has 1 aromatic carbocycles. The molecule has 0 saturated carbocycles. The summed E-state index contributed by atoms with van der Waals surface area (Å²) in [5, 5.41) is 14.2. The van der Waals surface area contributed by atoms with Crippen LogP contribution in [0.25, 0.3) is 0 Å². The van der Waals surface area contributed by atoms with Crippen molar-refractivity contribution in [3.63, 3.8) is 0 Å². The zero-order valence-corrected chi connectivity index (χ0v) is 15.0. The molecule has 24 heavy (non-hydrogen) atoms. The van der Waals surface area contributed by atoms with Crippen molar-refractivity contribution in [3.8, 4) is 0 Å². The van der Waals surface area contributed by atoms with E-state index >= 15 is 0 Å². The van der Waals surface area contributed by atoms with Gasteiger partial charge in [-0.05, 0) is 49.6 Å². The van der Waals surface area contributed by atoms with E-state index in [-0.39, 0.29) is 11.8 Å². The van der Waals surface area contributed by atoms with Gasteiger partial charge in [-0.25, -0.2) is 0 Å². The maximum Gasteiger partial charge on any atom is 0.228 e. The van der Waals surface area contributed by atoms with Gasteiger partial charge in [0, 0.05) is 29.3 Å². The standard InChI is InChI=1S/C17H19BrN4O2/c1-11-2-3-13(10-14(11)18)19-15-4-5-16(22-21-15)20-17(23)12-6-8-24-9-7-12/h2-5,10,12H,6-9H2,1H3,(H,19,21)(H,20,22,23). The van der Waals surface area contributed by atoms with Gasteiger partial charge in [0.2, 0.25) is 5.91 Å². The van der Waals surface area contributed by atoms with Crippen molar-refractivity contribution in [1.82, 2.24) is 10.2 Å². The normalized spacial score (nSPS) is 15.1. The molecule has 1 aromatic heterocycles. The minimum absolute atomic E-state index is 0.0109. The zero-order chi connectivity index (χ0) is 16.9. The summed E-state index contributed by atoms with van der Waals surface area (Å²) < 4.78 is 6.30. The van der Waals surface area contributed by atoms with Crippen LogP contribution in [0.1, 0.15) is 18.4 Å². The number of ether oxygens (including phenoxy) is 1. The zero-order valence-electron chi connectivity index (χ0n) is 13.4. The fourth-order valence-electron chi connectivity index (χ4n) is 2.47. The molecule has 6 nitrogen and oxygen atoms in total. The summed E-state index contributed by atoms with van der Waals surface area (Å²) >= 11 is 3.50. The summed E-state index contributed by atoms with van der Waals surface area (Å²) in [6.07, 6.45) is 1.50. The Morgan fingerprint density at radius 1 is 1.17 bits per heavy atom. The Morgan fingerprint density at radius 3 is 2.54 bits per heavy atom. The predicted molar refractivity (Wildman–Crippen MR) is 96.4 cm³/mol. The van der Waals surface area contributed by atoms with E-state index in [2.05, 4.69) is 36.8 Å². The topological polar surface area (TPSA) is 76.1 Å². The Bertz CT molecular complexity index is 715. The second kappa shape index (κ2) is 7.72. The lowest BCUT2D eigenvalue weighted by atomic mass is 9.99. The van der Waals surface area contributed by atoms with Gasteiger partial charge in [0.05, 0.1) is 0 Å². The van der Waals surface area contributed by atoms with Crippen molar-refractivity contribution in [2.24, 2.45) is 5.92 Å². The third-order valence-electron chi connectivity index (χ3n) is 3.95. The molecule has 0 unspecified atom stereocenters. The van der Waals surface area contributed by atoms with E-state index in [0.717, 1.165) is 28.6 Å². The van der Waals surface area contributed by atoms with E-state index in [1.54, 1.807) is 12.1 Å². The highest BCUT2D eigenvalue weighted by Crippen LogP contribution is 2.23. The van der Waals surface area contributed by atoms with E-state index in [1.807, 2.05) is 25.1 Å². The van der Waals surface area contributed by atoms with E-state index in [0.29, 0.717) is 24.8 Å². The van der Waals surface area contributed by atoms with Crippen molar-refractivity contribution in [2.45, 2.75) is 19.8 Å². The number of amides is 1. The first-order valence-corrected chi connectivity index (χ1v) is 8.66. The molecule has 126 valence electrons. The quantitative estimate of drug-likeness (QED) is 0.832. The largest absolute Gasteiger partial charge is 0.381 e. The lowest BCUT2D eigenvalue weighted by molar-refractivity contribution is -0.122. The summed E-state index contributed by atoms with van der Waals surface area (Å²) in [7, 11) is 0. The number of halogens is 1. The molecule has 1 aliphatic rings. The average molecular weight is 391 g/mol. The molecule has 3 rings (SSSR count). The van der Waals surface area contributed by atoms with Gasteiger partial charge in [-0.1, -0.05) is 22.0 Å². The number of aryl methyl sites for hydroxylation is 1. The SMILES string of the molecule is Cc1ccc(Nc2ccc(NC(=O)C3CCOCC3)nn2)cc1Br. The molecule has 2 heterocycles. The van der Waals surface area contributed by atoms with Gasteiger partial charge in [-0.3, -0.25) is 4.79 Å². The highest BCUT2D eigenvalue weighted by molar-refractivity contribution is 9.10. The second-order valence-corrected chi connectivity index (χ2v) is 6.62. The Hall–Kier alpha value is -1.99. The number of nitrogens with zero attached hydrogens (tertiary/aromatic N) is 2. The maximum absolute atomic E-state index is 12.2. The molecule has 1 amide bonds. The Morgan fingerprint density at radius 2 is 1.88 bits per heavy atom. The van der Waals surface area contributed by atoms with E-state index in [9.17, 15) is 4.79 Å². The van der Waals surface area contributed by atoms with Gasteiger partial charge < -0.3 is 15.4 Å². The van der Waals surface area contributed by atoms with Crippen LogP contribution >= 0.6 is 15.9 Å². The van der Waals surface area contributed by atoms with E-state index in [4.69, 9.17) is 4.74 Å². The van der Waals surface area contributed by atoms with Gasteiger partial charge in [0.25, 0.3) is 0 Å². The Kier molecular flexibility index (Phi) is 5.42. The average Bonchev–Trinajstić information content (AvgIpc) is 2.61. The number of carbonyl (C=O) groups is 1.